The molecule has 2 heterocycles. The Kier molecular flexibility index (Phi) is 6.42. The number of benzene rings is 2. The van der Waals surface area contributed by atoms with Crippen molar-refractivity contribution in [3.05, 3.63) is 80.2 Å². The molecule has 0 aliphatic carbocycles. The van der Waals surface area contributed by atoms with Gasteiger partial charge < -0.3 is 18.7 Å². The number of thioether (sulfide) groups is 1. The summed E-state index contributed by atoms with van der Waals surface area (Å²) in [4.78, 5) is 24.4. The van der Waals surface area contributed by atoms with Gasteiger partial charge in [-0.1, -0.05) is 17.3 Å². The van der Waals surface area contributed by atoms with E-state index in [2.05, 4.69) is 5.16 Å². The predicted molar refractivity (Wildman–Crippen MR) is 114 cm³/mol. The zero-order valence-corrected chi connectivity index (χ0v) is 18.3. The van der Waals surface area contributed by atoms with Crippen LogP contribution in [-0.2, 0) is 28.4 Å². The Morgan fingerprint density at radius 2 is 2.09 bits per heavy atom. The van der Waals surface area contributed by atoms with Gasteiger partial charge in [0.1, 0.15) is 18.1 Å². The smallest absolute Gasteiger partial charge is 0.339 e. The Bertz CT molecular complexity index is 1160. The standard InChI is InChI=1S/C22H20N2O7S/c1-13-19(14(2)31-23-13)11-32-20-6-4-3-5-18(20)22(25)29-10-16-8-17(24(26)27)7-15-9-28-12-30-21(15)16/h3-8H,9-12H2,1-2H3. The van der Waals surface area contributed by atoms with Gasteiger partial charge in [-0.15, -0.1) is 11.8 Å². The minimum atomic E-state index is -0.529. The van der Waals surface area contributed by atoms with Crippen molar-refractivity contribution in [3.63, 3.8) is 0 Å². The topological polar surface area (TPSA) is 114 Å². The van der Waals surface area contributed by atoms with Crippen LogP contribution in [0.4, 0.5) is 5.69 Å². The number of aromatic nitrogens is 1. The molecule has 32 heavy (non-hydrogen) atoms. The van der Waals surface area contributed by atoms with E-state index in [4.69, 9.17) is 18.7 Å². The molecule has 0 unspecified atom stereocenters. The van der Waals surface area contributed by atoms with Crippen molar-refractivity contribution in [1.29, 1.82) is 0 Å². The molecule has 1 aliphatic heterocycles. The average molecular weight is 456 g/mol. The Morgan fingerprint density at radius 3 is 2.84 bits per heavy atom. The number of hydrogen-bond acceptors (Lipinski definition) is 9. The maximum absolute atomic E-state index is 12.9. The van der Waals surface area contributed by atoms with Gasteiger partial charge in [-0.2, -0.15) is 0 Å². The molecule has 0 N–H and O–H groups in total. The molecule has 0 fully saturated rings. The SMILES string of the molecule is Cc1noc(C)c1CSc1ccccc1C(=O)OCc1cc([N+](=O)[O-])cc2c1OCOC2. The third-order valence-electron chi connectivity index (χ3n) is 5.00. The lowest BCUT2D eigenvalue weighted by Gasteiger charge is -2.20. The van der Waals surface area contributed by atoms with Crippen LogP contribution in [0.3, 0.4) is 0 Å². The van der Waals surface area contributed by atoms with Crippen LogP contribution in [0.25, 0.3) is 0 Å². The van der Waals surface area contributed by atoms with E-state index < -0.39 is 10.9 Å². The van der Waals surface area contributed by atoms with Gasteiger partial charge in [-0.05, 0) is 26.0 Å². The molecule has 0 bridgehead atoms. The summed E-state index contributed by atoms with van der Waals surface area (Å²) >= 11 is 1.48. The molecule has 1 aromatic heterocycles. The van der Waals surface area contributed by atoms with Crippen LogP contribution >= 0.6 is 11.8 Å². The second-order valence-electron chi connectivity index (χ2n) is 7.12. The summed E-state index contributed by atoms with van der Waals surface area (Å²) in [6.07, 6.45) is 0. The van der Waals surface area contributed by atoms with E-state index >= 15 is 0 Å². The summed E-state index contributed by atoms with van der Waals surface area (Å²) in [5, 5.41) is 15.2. The minimum Gasteiger partial charge on any atom is -0.467 e. The number of hydrogen-bond donors (Lipinski definition) is 0. The Hall–Kier alpha value is -3.37. The highest BCUT2D eigenvalue weighted by Gasteiger charge is 2.22. The monoisotopic (exact) mass is 456 g/mol. The zero-order chi connectivity index (χ0) is 22.7. The number of esters is 1. The summed E-state index contributed by atoms with van der Waals surface area (Å²) in [6.45, 7) is 3.79. The van der Waals surface area contributed by atoms with Crippen molar-refractivity contribution in [2.75, 3.05) is 6.79 Å². The maximum Gasteiger partial charge on any atom is 0.339 e. The molecule has 0 saturated carbocycles. The summed E-state index contributed by atoms with van der Waals surface area (Å²) in [5.74, 6) is 1.27. The second-order valence-corrected chi connectivity index (χ2v) is 8.14. The first-order valence-electron chi connectivity index (χ1n) is 9.75. The molecule has 0 atom stereocenters. The number of non-ortho nitro benzene ring substituents is 1. The van der Waals surface area contributed by atoms with Crippen molar-refractivity contribution in [2.24, 2.45) is 0 Å². The number of ether oxygens (including phenoxy) is 3. The van der Waals surface area contributed by atoms with Crippen LogP contribution in [-0.4, -0.2) is 22.8 Å². The largest absolute Gasteiger partial charge is 0.467 e. The Morgan fingerprint density at radius 1 is 1.28 bits per heavy atom. The molecule has 1 aliphatic rings. The molecule has 2 aromatic carbocycles. The number of fused-ring (bicyclic) bond motifs is 1. The highest BCUT2D eigenvalue weighted by molar-refractivity contribution is 7.98. The van der Waals surface area contributed by atoms with Crippen LogP contribution in [0.1, 0.15) is 38.5 Å². The van der Waals surface area contributed by atoms with Gasteiger partial charge in [-0.25, -0.2) is 4.79 Å². The highest BCUT2D eigenvalue weighted by atomic mass is 32.2. The number of nitro benzene ring substituents is 1. The van der Waals surface area contributed by atoms with E-state index in [-0.39, 0.29) is 25.7 Å². The molecule has 0 saturated heterocycles. The summed E-state index contributed by atoms with van der Waals surface area (Å²) in [5.41, 5.74) is 3.07. The molecular weight excluding hydrogens is 436 g/mol. The fourth-order valence-corrected chi connectivity index (χ4v) is 4.53. The normalized spacial score (nSPS) is 12.7. The quantitative estimate of drug-likeness (QED) is 0.216. The first-order chi connectivity index (χ1) is 15.4. The summed E-state index contributed by atoms with van der Waals surface area (Å²) in [7, 11) is 0. The molecule has 0 radical (unpaired) electrons. The molecule has 166 valence electrons. The van der Waals surface area contributed by atoms with Gasteiger partial charge in [0.05, 0.1) is 22.8 Å². The number of aryl methyl sites for hydroxylation is 2. The lowest BCUT2D eigenvalue weighted by molar-refractivity contribution is -0.385. The number of nitro groups is 1. The molecule has 4 rings (SSSR count). The van der Waals surface area contributed by atoms with Crippen molar-refractivity contribution in [1.82, 2.24) is 5.16 Å². The van der Waals surface area contributed by atoms with Crippen LogP contribution in [0.2, 0.25) is 0 Å². The second kappa shape index (κ2) is 9.41. The van der Waals surface area contributed by atoms with Crippen molar-refractivity contribution in [3.8, 4) is 5.75 Å². The van der Waals surface area contributed by atoms with Gasteiger partial charge in [0.15, 0.2) is 6.79 Å². The molecule has 10 heteroatoms. The minimum absolute atomic E-state index is 0.0347. The van der Waals surface area contributed by atoms with E-state index in [1.165, 1.54) is 23.9 Å². The average Bonchev–Trinajstić information content (AvgIpc) is 3.12. The fraction of sp³-hybridized carbons (Fsp3) is 0.273. The van der Waals surface area contributed by atoms with Crippen LogP contribution in [0.5, 0.6) is 5.75 Å². The highest BCUT2D eigenvalue weighted by Crippen LogP contribution is 2.34. The maximum atomic E-state index is 12.9. The van der Waals surface area contributed by atoms with E-state index in [1.54, 1.807) is 12.1 Å². The van der Waals surface area contributed by atoms with Crippen molar-refractivity contribution in [2.45, 2.75) is 37.7 Å². The summed E-state index contributed by atoms with van der Waals surface area (Å²) < 4.78 is 21.4. The van der Waals surface area contributed by atoms with E-state index in [9.17, 15) is 14.9 Å². The Labute approximate surface area is 187 Å². The molecule has 3 aromatic rings. The number of carbonyl (C=O) groups excluding carboxylic acids is 1. The van der Waals surface area contributed by atoms with E-state index in [0.29, 0.717) is 28.2 Å². The van der Waals surface area contributed by atoms with Crippen molar-refractivity contribution >= 4 is 23.4 Å². The van der Waals surface area contributed by atoms with Gasteiger partial charge in [0.25, 0.3) is 5.69 Å². The zero-order valence-electron chi connectivity index (χ0n) is 17.5. The lowest BCUT2D eigenvalue weighted by Crippen LogP contribution is -2.15. The first-order valence-corrected chi connectivity index (χ1v) is 10.7. The van der Waals surface area contributed by atoms with E-state index in [0.717, 1.165) is 21.9 Å². The number of carbonyl (C=O) groups is 1. The van der Waals surface area contributed by atoms with Gasteiger partial charge in [-0.3, -0.25) is 10.1 Å². The summed E-state index contributed by atoms with van der Waals surface area (Å²) in [6, 6.07) is 9.89. The Balaban J connectivity index is 1.51. The fourth-order valence-electron chi connectivity index (χ4n) is 3.33. The number of nitrogens with zero attached hydrogens (tertiary/aromatic N) is 2. The third-order valence-corrected chi connectivity index (χ3v) is 6.10. The first kappa shape index (κ1) is 21.8. The predicted octanol–water partition coefficient (Wildman–Crippen LogP) is 4.72. The molecular formula is C22H20N2O7S. The van der Waals surface area contributed by atoms with Crippen LogP contribution in [0, 0.1) is 24.0 Å². The van der Waals surface area contributed by atoms with E-state index in [1.807, 2.05) is 26.0 Å². The molecule has 0 amide bonds. The van der Waals surface area contributed by atoms with Gasteiger partial charge in [0.2, 0.25) is 0 Å². The van der Waals surface area contributed by atoms with Crippen LogP contribution < -0.4 is 4.74 Å². The third kappa shape index (κ3) is 4.61. The van der Waals surface area contributed by atoms with Crippen molar-refractivity contribution < 1.29 is 28.5 Å². The van der Waals surface area contributed by atoms with Gasteiger partial charge >= 0.3 is 5.97 Å². The molecule has 0 spiro atoms. The van der Waals surface area contributed by atoms with Gasteiger partial charge in [0, 0.05) is 39.5 Å². The molecule has 9 nitrogen and oxygen atoms in total. The lowest BCUT2D eigenvalue weighted by atomic mass is 10.1. The van der Waals surface area contributed by atoms with Crippen LogP contribution in [0.15, 0.2) is 45.8 Å². The number of rotatable bonds is 7.